The highest BCUT2D eigenvalue weighted by atomic mass is 35.5. The van der Waals surface area contributed by atoms with E-state index in [1.54, 1.807) is 12.1 Å². The third-order valence-corrected chi connectivity index (χ3v) is 3.78. The summed E-state index contributed by atoms with van der Waals surface area (Å²) in [4.78, 5) is 12.2. The first-order chi connectivity index (χ1) is 8.89. The lowest BCUT2D eigenvalue weighted by molar-refractivity contribution is -0.125. The third-order valence-electron chi connectivity index (χ3n) is 3.04. The van der Waals surface area contributed by atoms with Gasteiger partial charge in [0.25, 0.3) is 0 Å². The minimum Gasteiger partial charge on any atom is -0.355 e. The minimum absolute atomic E-state index is 0.0182. The van der Waals surface area contributed by atoms with E-state index in [2.05, 4.69) is 5.32 Å². The van der Waals surface area contributed by atoms with Gasteiger partial charge in [0.2, 0.25) is 5.91 Å². The van der Waals surface area contributed by atoms with Crippen LogP contribution in [0.3, 0.4) is 0 Å². The van der Waals surface area contributed by atoms with Crippen molar-refractivity contribution in [3.05, 3.63) is 46.0 Å². The van der Waals surface area contributed by atoms with Crippen LogP contribution in [0.25, 0.3) is 0 Å². The topological polar surface area (TPSA) is 29.1 Å². The maximum absolute atomic E-state index is 12.2. The average Bonchev–Trinajstić information content (AvgIpc) is 2.37. The molecule has 0 spiro atoms. The Bertz CT molecular complexity index is 481. The predicted octanol–water partition coefficient (Wildman–Crippen LogP) is 4.35. The number of benzene rings is 1. The van der Waals surface area contributed by atoms with Crippen molar-refractivity contribution in [1.29, 1.82) is 0 Å². The Labute approximate surface area is 124 Å². The van der Waals surface area contributed by atoms with Crippen LogP contribution in [0.15, 0.2) is 30.4 Å². The first-order valence-electron chi connectivity index (χ1n) is 6.24. The zero-order valence-electron chi connectivity index (χ0n) is 11.5. The molecule has 0 aliphatic heterocycles. The van der Waals surface area contributed by atoms with Crippen LogP contribution in [-0.2, 0) is 10.2 Å². The summed E-state index contributed by atoms with van der Waals surface area (Å²) in [6.07, 6.45) is 4.82. The highest BCUT2D eigenvalue weighted by molar-refractivity contribution is 6.42. The standard InChI is InChI=1S/C15H19Cl2NO/c1-4-5-6-9-18-14(19)15(2,3)11-7-8-12(16)13(17)10-11/h4-5,7-8,10H,6,9H2,1-3H3,(H,18,19)/b5-4+. The van der Waals surface area contributed by atoms with Gasteiger partial charge < -0.3 is 5.32 Å². The van der Waals surface area contributed by atoms with Gasteiger partial charge in [-0.2, -0.15) is 0 Å². The molecule has 0 saturated heterocycles. The summed E-state index contributed by atoms with van der Waals surface area (Å²) in [5.41, 5.74) is 0.217. The van der Waals surface area contributed by atoms with E-state index in [1.165, 1.54) is 0 Å². The van der Waals surface area contributed by atoms with E-state index in [4.69, 9.17) is 23.2 Å². The van der Waals surface area contributed by atoms with Gasteiger partial charge in [-0.15, -0.1) is 0 Å². The van der Waals surface area contributed by atoms with Crippen molar-refractivity contribution in [2.24, 2.45) is 0 Å². The van der Waals surface area contributed by atoms with Crippen molar-refractivity contribution in [3.8, 4) is 0 Å². The van der Waals surface area contributed by atoms with E-state index < -0.39 is 5.41 Å². The minimum atomic E-state index is -0.635. The Balaban J connectivity index is 2.78. The summed E-state index contributed by atoms with van der Waals surface area (Å²) in [5.74, 6) is -0.0182. The molecule has 1 aromatic rings. The molecule has 0 unspecified atom stereocenters. The molecule has 104 valence electrons. The monoisotopic (exact) mass is 299 g/mol. The van der Waals surface area contributed by atoms with Crippen LogP contribution in [0.4, 0.5) is 0 Å². The van der Waals surface area contributed by atoms with Gasteiger partial charge in [0, 0.05) is 6.54 Å². The second-order valence-electron chi connectivity index (χ2n) is 4.87. The predicted molar refractivity (Wildman–Crippen MR) is 81.9 cm³/mol. The number of hydrogen-bond acceptors (Lipinski definition) is 1. The molecular weight excluding hydrogens is 281 g/mol. The van der Waals surface area contributed by atoms with E-state index in [0.29, 0.717) is 16.6 Å². The Hall–Kier alpha value is -0.990. The molecule has 2 nitrogen and oxygen atoms in total. The van der Waals surface area contributed by atoms with E-state index in [-0.39, 0.29) is 5.91 Å². The summed E-state index contributed by atoms with van der Waals surface area (Å²) >= 11 is 11.9. The molecule has 0 atom stereocenters. The molecule has 0 heterocycles. The van der Waals surface area contributed by atoms with Gasteiger partial charge >= 0.3 is 0 Å². The van der Waals surface area contributed by atoms with Crippen molar-refractivity contribution in [3.63, 3.8) is 0 Å². The van der Waals surface area contributed by atoms with Gasteiger partial charge in [-0.1, -0.05) is 41.4 Å². The molecule has 0 aromatic heterocycles. The molecule has 0 radical (unpaired) electrons. The van der Waals surface area contributed by atoms with Crippen molar-refractivity contribution >= 4 is 29.1 Å². The molecule has 0 saturated carbocycles. The van der Waals surface area contributed by atoms with Gasteiger partial charge in [-0.25, -0.2) is 0 Å². The van der Waals surface area contributed by atoms with Crippen molar-refractivity contribution in [1.82, 2.24) is 5.32 Å². The Morgan fingerprint density at radius 1 is 1.32 bits per heavy atom. The Morgan fingerprint density at radius 3 is 2.58 bits per heavy atom. The van der Waals surface area contributed by atoms with Gasteiger partial charge in [-0.3, -0.25) is 4.79 Å². The maximum Gasteiger partial charge on any atom is 0.230 e. The quantitative estimate of drug-likeness (QED) is 0.635. The van der Waals surface area contributed by atoms with Crippen LogP contribution in [0.1, 0.15) is 32.8 Å². The highest BCUT2D eigenvalue weighted by Crippen LogP contribution is 2.30. The fourth-order valence-corrected chi connectivity index (χ4v) is 1.97. The summed E-state index contributed by atoms with van der Waals surface area (Å²) < 4.78 is 0. The number of carbonyl (C=O) groups excluding carboxylic acids is 1. The number of amides is 1. The largest absolute Gasteiger partial charge is 0.355 e. The zero-order valence-corrected chi connectivity index (χ0v) is 13.0. The molecule has 0 aliphatic rings. The van der Waals surface area contributed by atoms with Crippen LogP contribution in [-0.4, -0.2) is 12.5 Å². The summed E-state index contributed by atoms with van der Waals surface area (Å²) in [6, 6.07) is 5.29. The summed E-state index contributed by atoms with van der Waals surface area (Å²) in [6.45, 7) is 6.34. The van der Waals surface area contributed by atoms with Crippen LogP contribution >= 0.6 is 23.2 Å². The number of rotatable bonds is 5. The smallest absolute Gasteiger partial charge is 0.230 e. The molecule has 1 amide bonds. The first kappa shape index (κ1) is 16.1. The van der Waals surface area contributed by atoms with Gasteiger partial charge in [0.05, 0.1) is 15.5 Å². The van der Waals surface area contributed by atoms with Gasteiger partial charge in [0.15, 0.2) is 0 Å². The molecule has 19 heavy (non-hydrogen) atoms. The van der Waals surface area contributed by atoms with E-state index in [9.17, 15) is 4.79 Å². The van der Waals surface area contributed by atoms with E-state index in [0.717, 1.165) is 12.0 Å². The first-order valence-corrected chi connectivity index (χ1v) is 7.00. The van der Waals surface area contributed by atoms with E-state index in [1.807, 2.05) is 39.0 Å². The lowest BCUT2D eigenvalue weighted by Gasteiger charge is -2.24. The Kier molecular flexibility index (Phi) is 5.89. The number of allylic oxidation sites excluding steroid dienone is 1. The van der Waals surface area contributed by atoms with E-state index >= 15 is 0 Å². The maximum atomic E-state index is 12.2. The van der Waals surface area contributed by atoms with Gasteiger partial charge in [0.1, 0.15) is 0 Å². The van der Waals surface area contributed by atoms with Crippen LogP contribution in [0, 0.1) is 0 Å². The van der Waals surface area contributed by atoms with Crippen molar-refractivity contribution < 1.29 is 4.79 Å². The average molecular weight is 300 g/mol. The number of nitrogens with one attached hydrogen (secondary N) is 1. The third kappa shape index (κ3) is 4.26. The highest BCUT2D eigenvalue weighted by Gasteiger charge is 2.29. The molecule has 0 fully saturated rings. The number of hydrogen-bond donors (Lipinski definition) is 1. The molecule has 4 heteroatoms. The van der Waals surface area contributed by atoms with Gasteiger partial charge in [-0.05, 0) is 44.9 Å². The normalized spacial score (nSPS) is 11.8. The van der Waals surface area contributed by atoms with Crippen molar-refractivity contribution in [2.75, 3.05) is 6.54 Å². The fourth-order valence-electron chi connectivity index (χ4n) is 1.67. The van der Waals surface area contributed by atoms with Crippen LogP contribution in [0.2, 0.25) is 10.0 Å². The second kappa shape index (κ2) is 6.97. The molecular formula is C15H19Cl2NO. The Morgan fingerprint density at radius 2 is 2.00 bits per heavy atom. The SMILES string of the molecule is C/C=C/CCNC(=O)C(C)(C)c1ccc(Cl)c(Cl)c1. The van der Waals surface area contributed by atoms with Crippen LogP contribution < -0.4 is 5.32 Å². The molecule has 1 N–H and O–H groups in total. The molecule has 1 rings (SSSR count). The molecule has 1 aromatic carbocycles. The number of carbonyl (C=O) groups is 1. The van der Waals surface area contributed by atoms with Crippen molar-refractivity contribution in [2.45, 2.75) is 32.6 Å². The lowest BCUT2D eigenvalue weighted by atomic mass is 9.83. The molecule has 0 bridgehead atoms. The fraction of sp³-hybridized carbons (Fsp3) is 0.400. The summed E-state index contributed by atoms with van der Waals surface area (Å²) in [7, 11) is 0. The second-order valence-corrected chi connectivity index (χ2v) is 5.68. The summed E-state index contributed by atoms with van der Waals surface area (Å²) in [5, 5.41) is 3.89. The number of halogens is 2. The van der Waals surface area contributed by atoms with Crippen LogP contribution in [0.5, 0.6) is 0 Å². The zero-order chi connectivity index (χ0) is 14.5. The lowest BCUT2D eigenvalue weighted by Crippen LogP contribution is -2.40. The molecule has 0 aliphatic carbocycles.